The molecule has 98 valence electrons. The van der Waals surface area contributed by atoms with Crippen LogP contribution in [0.1, 0.15) is 29.4 Å². The van der Waals surface area contributed by atoms with Gasteiger partial charge in [0.15, 0.2) is 0 Å². The van der Waals surface area contributed by atoms with Crippen LogP contribution in [0.4, 0.5) is 0 Å². The standard InChI is InChI=1S/C7H8N2O.C4H5ClO3/c1-5-2-3-6(4-9-5)7(8)10;1-3(6)2-4(7)8-5/h2-4H,1H3,(H2,8,10);2H2,1H3. The molecule has 0 fully saturated rings. The van der Waals surface area contributed by atoms with Crippen LogP contribution in [0.3, 0.4) is 0 Å². The van der Waals surface area contributed by atoms with Crippen LogP contribution >= 0.6 is 11.9 Å². The Hall–Kier alpha value is -1.95. The van der Waals surface area contributed by atoms with E-state index < -0.39 is 11.9 Å². The Labute approximate surface area is 109 Å². The van der Waals surface area contributed by atoms with E-state index in [0.29, 0.717) is 5.56 Å². The zero-order valence-electron chi connectivity index (χ0n) is 9.97. The largest absolute Gasteiger partial charge is 0.366 e. The maximum absolute atomic E-state index is 10.5. The van der Waals surface area contributed by atoms with Crippen molar-refractivity contribution in [2.75, 3.05) is 0 Å². The van der Waals surface area contributed by atoms with Gasteiger partial charge in [0, 0.05) is 11.9 Å². The van der Waals surface area contributed by atoms with Gasteiger partial charge in [-0.1, -0.05) is 0 Å². The molecule has 1 aromatic rings. The zero-order valence-corrected chi connectivity index (χ0v) is 10.7. The molecule has 0 radical (unpaired) electrons. The Bertz CT molecular complexity index is 431. The fraction of sp³-hybridized carbons (Fsp3) is 0.273. The van der Waals surface area contributed by atoms with E-state index in [1.807, 2.05) is 6.92 Å². The first-order valence-corrected chi connectivity index (χ1v) is 5.21. The van der Waals surface area contributed by atoms with Crippen molar-refractivity contribution < 1.29 is 18.7 Å². The maximum Gasteiger partial charge on any atom is 0.332 e. The molecule has 18 heavy (non-hydrogen) atoms. The van der Waals surface area contributed by atoms with Crippen LogP contribution < -0.4 is 5.73 Å². The summed E-state index contributed by atoms with van der Waals surface area (Å²) in [5.74, 6) is -1.40. The Morgan fingerprint density at radius 2 is 2.00 bits per heavy atom. The second kappa shape index (κ2) is 8.19. The molecule has 1 rings (SSSR count). The second-order valence-electron chi connectivity index (χ2n) is 3.38. The number of amides is 1. The zero-order chi connectivity index (χ0) is 14.1. The second-order valence-corrected chi connectivity index (χ2v) is 3.53. The summed E-state index contributed by atoms with van der Waals surface area (Å²) in [6.45, 7) is 3.14. The molecule has 0 spiro atoms. The lowest BCUT2D eigenvalue weighted by atomic mass is 10.2. The van der Waals surface area contributed by atoms with E-state index in [1.165, 1.54) is 13.1 Å². The highest BCUT2D eigenvalue weighted by Gasteiger charge is 2.03. The van der Waals surface area contributed by atoms with Crippen LogP contribution in [0.5, 0.6) is 0 Å². The number of primary amides is 1. The number of aromatic nitrogens is 1. The fourth-order valence-corrected chi connectivity index (χ4v) is 0.899. The van der Waals surface area contributed by atoms with Gasteiger partial charge >= 0.3 is 5.97 Å². The molecule has 0 aromatic carbocycles. The molecule has 0 aliphatic carbocycles. The molecule has 0 bridgehead atoms. The first-order chi connectivity index (χ1) is 8.36. The third-order valence-electron chi connectivity index (χ3n) is 1.68. The minimum Gasteiger partial charge on any atom is -0.366 e. The van der Waals surface area contributed by atoms with Gasteiger partial charge in [-0.25, -0.2) is 0 Å². The van der Waals surface area contributed by atoms with Crippen molar-refractivity contribution in [1.29, 1.82) is 0 Å². The highest BCUT2D eigenvalue weighted by molar-refractivity contribution is 6.14. The minimum atomic E-state index is -0.709. The lowest BCUT2D eigenvalue weighted by molar-refractivity contribution is -0.137. The summed E-state index contributed by atoms with van der Waals surface area (Å²) in [6.07, 6.45) is 1.22. The summed E-state index contributed by atoms with van der Waals surface area (Å²) in [7, 11) is 0. The number of Topliss-reactive ketones (excluding diaryl/α,β-unsaturated/α-hetero) is 1. The van der Waals surface area contributed by atoms with Crippen molar-refractivity contribution in [3.05, 3.63) is 29.6 Å². The number of aryl methyl sites for hydroxylation is 1. The van der Waals surface area contributed by atoms with Gasteiger partial charge < -0.3 is 10.0 Å². The quantitative estimate of drug-likeness (QED) is 0.832. The molecule has 6 nitrogen and oxygen atoms in total. The van der Waals surface area contributed by atoms with Crippen LogP contribution in [-0.2, 0) is 13.9 Å². The molecule has 2 N–H and O–H groups in total. The van der Waals surface area contributed by atoms with Crippen LogP contribution in [0.2, 0.25) is 0 Å². The molecular weight excluding hydrogens is 260 g/mol. The Morgan fingerprint density at radius 1 is 1.39 bits per heavy atom. The SMILES string of the molecule is CC(=O)CC(=O)OCl.Cc1ccc(C(N)=O)cn1. The van der Waals surface area contributed by atoms with Gasteiger partial charge in [-0.3, -0.25) is 19.4 Å². The smallest absolute Gasteiger partial charge is 0.332 e. The predicted octanol–water partition coefficient (Wildman–Crippen LogP) is 1.15. The van der Waals surface area contributed by atoms with E-state index in [2.05, 4.69) is 21.1 Å². The van der Waals surface area contributed by atoms with Crippen molar-refractivity contribution in [3.63, 3.8) is 0 Å². The summed E-state index contributed by atoms with van der Waals surface area (Å²) < 4.78 is 3.67. The van der Waals surface area contributed by atoms with E-state index in [0.717, 1.165) is 5.69 Å². The fourth-order valence-electron chi connectivity index (χ4n) is 0.844. The van der Waals surface area contributed by atoms with Gasteiger partial charge in [-0.15, -0.1) is 0 Å². The third-order valence-corrected chi connectivity index (χ3v) is 1.85. The lowest BCUT2D eigenvalue weighted by Gasteiger charge is -1.93. The van der Waals surface area contributed by atoms with E-state index >= 15 is 0 Å². The summed E-state index contributed by atoms with van der Waals surface area (Å²) >= 11 is 4.59. The maximum atomic E-state index is 10.5. The van der Waals surface area contributed by atoms with Crippen LogP contribution in [0.15, 0.2) is 18.3 Å². The number of rotatable bonds is 3. The number of carbonyl (C=O) groups is 3. The average molecular weight is 273 g/mol. The number of carbonyl (C=O) groups excluding carboxylic acids is 3. The number of hydrogen-bond donors (Lipinski definition) is 1. The van der Waals surface area contributed by atoms with Gasteiger partial charge in [0.05, 0.1) is 5.56 Å². The number of halogens is 1. The molecule has 0 aliphatic rings. The van der Waals surface area contributed by atoms with E-state index in [4.69, 9.17) is 5.73 Å². The van der Waals surface area contributed by atoms with E-state index in [-0.39, 0.29) is 12.2 Å². The van der Waals surface area contributed by atoms with Crippen molar-refractivity contribution in [1.82, 2.24) is 4.98 Å². The highest BCUT2D eigenvalue weighted by atomic mass is 35.5. The first-order valence-electron chi connectivity index (χ1n) is 4.90. The highest BCUT2D eigenvalue weighted by Crippen LogP contribution is 1.96. The molecule has 0 saturated carbocycles. The number of ketones is 1. The Kier molecular flexibility index (Phi) is 7.30. The van der Waals surface area contributed by atoms with Gasteiger partial charge in [-0.2, -0.15) is 0 Å². The summed E-state index contributed by atoms with van der Waals surface area (Å²) in [6, 6.07) is 3.41. The van der Waals surface area contributed by atoms with Gasteiger partial charge in [-0.05, 0) is 26.0 Å². The van der Waals surface area contributed by atoms with E-state index in [1.54, 1.807) is 12.1 Å². The molecule has 1 aromatic heterocycles. The molecule has 0 unspecified atom stereocenters. The van der Waals surface area contributed by atoms with Crippen molar-refractivity contribution in [3.8, 4) is 0 Å². The molecule has 0 atom stereocenters. The number of nitrogens with two attached hydrogens (primary N) is 1. The Morgan fingerprint density at radius 3 is 2.28 bits per heavy atom. The summed E-state index contributed by atoms with van der Waals surface area (Å²) in [4.78, 5) is 34.5. The molecule has 0 saturated heterocycles. The van der Waals surface area contributed by atoms with Crippen LogP contribution in [0, 0.1) is 6.92 Å². The van der Waals surface area contributed by atoms with Gasteiger partial charge in [0.25, 0.3) is 0 Å². The monoisotopic (exact) mass is 272 g/mol. The normalized spacial score (nSPS) is 8.83. The molecule has 7 heteroatoms. The minimum absolute atomic E-state index is 0.247. The van der Waals surface area contributed by atoms with E-state index in [9.17, 15) is 14.4 Å². The first kappa shape index (κ1) is 16.1. The number of nitrogens with zero attached hydrogens (tertiary/aromatic N) is 1. The molecule has 1 heterocycles. The lowest BCUT2D eigenvalue weighted by Crippen LogP contribution is -2.10. The van der Waals surface area contributed by atoms with Crippen molar-refractivity contribution in [2.45, 2.75) is 20.3 Å². The van der Waals surface area contributed by atoms with Gasteiger partial charge in [0.1, 0.15) is 24.1 Å². The van der Waals surface area contributed by atoms with Crippen LogP contribution in [0.25, 0.3) is 0 Å². The third kappa shape index (κ3) is 7.34. The van der Waals surface area contributed by atoms with Crippen LogP contribution in [-0.4, -0.2) is 22.6 Å². The summed E-state index contributed by atoms with van der Waals surface area (Å²) in [5.41, 5.74) is 6.31. The molecular formula is C11H13ClN2O4. The van der Waals surface area contributed by atoms with Crippen molar-refractivity contribution in [2.24, 2.45) is 5.73 Å². The van der Waals surface area contributed by atoms with Crippen molar-refractivity contribution >= 4 is 29.5 Å². The Balaban J connectivity index is 0.000000331. The molecule has 1 amide bonds. The molecule has 0 aliphatic heterocycles. The average Bonchev–Trinajstić information content (AvgIpc) is 2.29. The summed E-state index contributed by atoms with van der Waals surface area (Å²) in [5, 5.41) is 0. The van der Waals surface area contributed by atoms with Gasteiger partial charge in [0.2, 0.25) is 5.91 Å². The number of hydrogen-bond acceptors (Lipinski definition) is 5. The number of pyridine rings is 1. The predicted molar refractivity (Wildman–Crippen MR) is 64.7 cm³/mol. The topological polar surface area (TPSA) is 99.4 Å².